The van der Waals surface area contributed by atoms with E-state index in [1.54, 1.807) is 14.3 Å². The summed E-state index contributed by atoms with van der Waals surface area (Å²) in [6, 6.07) is 21.1. The topological polar surface area (TPSA) is 109 Å². The molecule has 2 fully saturated rings. The van der Waals surface area contributed by atoms with E-state index in [-0.39, 0.29) is 31.1 Å². The highest BCUT2D eigenvalue weighted by atomic mass is 16.6. The van der Waals surface area contributed by atoms with Crippen molar-refractivity contribution < 1.29 is 14.3 Å². The van der Waals surface area contributed by atoms with E-state index < -0.39 is 11.5 Å². The highest BCUT2D eigenvalue weighted by Gasteiger charge is 2.49. The number of likely N-dealkylation sites (tertiary alicyclic amines) is 1. The Morgan fingerprint density at radius 3 is 2.53 bits per heavy atom. The van der Waals surface area contributed by atoms with E-state index >= 15 is 0 Å². The molecule has 43 heavy (non-hydrogen) atoms. The molecule has 1 unspecified atom stereocenters. The highest BCUT2D eigenvalue weighted by molar-refractivity contribution is 5.90. The lowest BCUT2D eigenvalue weighted by molar-refractivity contribution is -0.137. The molecule has 2 amide bonds. The van der Waals surface area contributed by atoms with E-state index in [1.165, 1.54) is 0 Å². The fourth-order valence-corrected chi connectivity index (χ4v) is 6.30. The molecule has 0 aliphatic carbocycles. The number of nitrogens with zero attached hydrogens (tertiary/aromatic N) is 6. The standard InChI is InChI=1S/C33H39N7O3/c1-23-19-40-29(35-30(23)38-16-14-27(34)20-38)18-28(36-40)24(2)37(3)31(41)33(26-12-8-5-9-13-26)15-17-39(22-33)32(42)43-21-25-10-6-4-7-11-25/h4-13,18-19,24,27H,14-17,20-22,34H2,1-3H3/t24-,27-,33?/m0/s1. The van der Waals surface area contributed by atoms with Gasteiger partial charge in [-0.25, -0.2) is 14.3 Å². The monoisotopic (exact) mass is 581 g/mol. The van der Waals surface area contributed by atoms with E-state index in [0.717, 1.165) is 53.4 Å². The minimum absolute atomic E-state index is 0.0579. The van der Waals surface area contributed by atoms with Gasteiger partial charge in [0.25, 0.3) is 0 Å². The van der Waals surface area contributed by atoms with Crippen LogP contribution in [0.15, 0.2) is 72.9 Å². The van der Waals surface area contributed by atoms with Gasteiger partial charge in [0.15, 0.2) is 5.65 Å². The summed E-state index contributed by atoms with van der Waals surface area (Å²) < 4.78 is 7.41. The fourth-order valence-electron chi connectivity index (χ4n) is 6.30. The second kappa shape index (κ2) is 11.7. The number of hydrogen-bond donors (Lipinski definition) is 1. The number of hydrogen-bond acceptors (Lipinski definition) is 7. The zero-order valence-electron chi connectivity index (χ0n) is 25.0. The molecular formula is C33H39N7O3. The Hall–Kier alpha value is -4.44. The molecule has 0 saturated carbocycles. The van der Waals surface area contributed by atoms with Crippen LogP contribution in [0.5, 0.6) is 0 Å². The van der Waals surface area contributed by atoms with Crippen LogP contribution in [0.25, 0.3) is 5.65 Å². The van der Waals surface area contributed by atoms with Gasteiger partial charge in [-0.2, -0.15) is 5.10 Å². The molecule has 0 spiro atoms. The summed E-state index contributed by atoms with van der Waals surface area (Å²) in [5.41, 5.74) is 9.56. The third-order valence-corrected chi connectivity index (χ3v) is 8.95. The van der Waals surface area contributed by atoms with Crippen molar-refractivity contribution in [1.82, 2.24) is 24.4 Å². The smallest absolute Gasteiger partial charge is 0.410 e. The van der Waals surface area contributed by atoms with Crippen molar-refractivity contribution in [3.63, 3.8) is 0 Å². The lowest BCUT2D eigenvalue weighted by Crippen LogP contribution is -2.48. The summed E-state index contributed by atoms with van der Waals surface area (Å²) in [6.07, 6.45) is 3.02. The summed E-state index contributed by atoms with van der Waals surface area (Å²) in [7, 11) is 1.81. The molecule has 0 radical (unpaired) electrons. The molecule has 224 valence electrons. The van der Waals surface area contributed by atoms with Gasteiger partial charge < -0.3 is 25.2 Å². The van der Waals surface area contributed by atoms with Crippen LogP contribution in [0.3, 0.4) is 0 Å². The molecule has 0 bridgehead atoms. The number of aryl methyl sites for hydroxylation is 1. The van der Waals surface area contributed by atoms with Gasteiger partial charge >= 0.3 is 6.09 Å². The number of carbonyl (C=O) groups is 2. The van der Waals surface area contributed by atoms with Crippen molar-refractivity contribution in [3.05, 3.63) is 95.3 Å². The Morgan fingerprint density at radius 2 is 1.84 bits per heavy atom. The van der Waals surface area contributed by atoms with Crippen molar-refractivity contribution in [1.29, 1.82) is 0 Å². The van der Waals surface area contributed by atoms with Gasteiger partial charge in [0.1, 0.15) is 12.4 Å². The van der Waals surface area contributed by atoms with Crippen LogP contribution in [0.1, 0.15) is 48.2 Å². The van der Waals surface area contributed by atoms with E-state index in [2.05, 4.69) is 4.90 Å². The van der Waals surface area contributed by atoms with E-state index in [1.807, 2.05) is 93.8 Å². The highest BCUT2D eigenvalue weighted by Crippen LogP contribution is 2.38. The first-order valence-electron chi connectivity index (χ1n) is 14.9. The van der Waals surface area contributed by atoms with Crippen LogP contribution in [0, 0.1) is 6.92 Å². The maximum Gasteiger partial charge on any atom is 0.410 e. The fraction of sp³-hybridized carbons (Fsp3) is 0.394. The van der Waals surface area contributed by atoms with Crippen molar-refractivity contribution in [2.24, 2.45) is 5.73 Å². The van der Waals surface area contributed by atoms with Gasteiger partial charge in [0.05, 0.1) is 17.2 Å². The maximum atomic E-state index is 14.4. The number of carbonyl (C=O) groups excluding carboxylic acids is 2. The van der Waals surface area contributed by atoms with Crippen LogP contribution in [-0.2, 0) is 21.6 Å². The predicted octanol–water partition coefficient (Wildman–Crippen LogP) is 4.08. The van der Waals surface area contributed by atoms with Gasteiger partial charge in [-0.05, 0) is 37.8 Å². The Kier molecular flexibility index (Phi) is 7.79. The number of benzene rings is 2. The second-order valence-corrected chi connectivity index (χ2v) is 11.9. The number of rotatable bonds is 7. The number of fused-ring (bicyclic) bond motifs is 1. The van der Waals surface area contributed by atoms with Crippen molar-refractivity contribution in [3.8, 4) is 0 Å². The Balaban J connectivity index is 1.23. The molecule has 2 saturated heterocycles. The van der Waals surface area contributed by atoms with Crippen LogP contribution in [0.2, 0.25) is 0 Å². The zero-order chi connectivity index (χ0) is 30.1. The number of amides is 2. The molecular weight excluding hydrogens is 542 g/mol. The Morgan fingerprint density at radius 1 is 1.12 bits per heavy atom. The normalized spacial score (nSPS) is 20.9. The Bertz CT molecular complexity index is 1610. The van der Waals surface area contributed by atoms with Gasteiger partial charge in [0, 0.05) is 57.1 Å². The van der Waals surface area contributed by atoms with Crippen LogP contribution < -0.4 is 10.6 Å². The van der Waals surface area contributed by atoms with Gasteiger partial charge in [-0.1, -0.05) is 60.7 Å². The lowest BCUT2D eigenvalue weighted by atomic mass is 9.78. The molecule has 4 heterocycles. The number of likely N-dealkylation sites (N-methyl/N-ethyl adjacent to an activating group) is 1. The quantitative estimate of drug-likeness (QED) is 0.350. The summed E-state index contributed by atoms with van der Waals surface area (Å²) in [4.78, 5) is 38.1. The largest absolute Gasteiger partial charge is 0.445 e. The predicted molar refractivity (Wildman–Crippen MR) is 165 cm³/mol. The summed E-state index contributed by atoms with van der Waals surface area (Å²) in [5, 5.41) is 4.81. The first-order chi connectivity index (χ1) is 20.7. The molecule has 2 aliphatic heterocycles. The molecule has 10 nitrogen and oxygen atoms in total. The molecule has 3 atom stereocenters. The lowest BCUT2D eigenvalue weighted by Gasteiger charge is -2.35. The van der Waals surface area contributed by atoms with Crippen LogP contribution >= 0.6 is 0 Å². The summed E-state index contributed by atoms with van der Waals surface area (Å²) >= 11 is 0. The van der Waals surface area contributed by atoms with E-state index in [4.69, 9.17) is 20.6 Å². The average Bonchev–Trinajstić information content (AvgIpc) is 3.78. The third-order valence-electron chi connectivity index (χ3n) is 8.95. The first-order valence-corrected chi connectivity index (χ1v) is 14.9. The van der Waals surface area contributed by atoms with E-state index in [9.17, 15) is 9.59 Å². The van der Waals surface area contributed by atoms with Gasteiger partial charge in [0.2, 0.25) is 5.91 Å². The number of ether oxygens (including phenoxy) is 1. The number of anilines is 1. The van der Waals surface area contributed by atoms with Crippen LogP contribution in [-0.4, -0.2) is 75.7 Å². The summed E-state index contributed by atoms with van der Waals surface area (Å²) in [5.74, 6) is 0.870. The average molecular weight is 582 g/mol. The van der Waals surface area contributed by atoms with Crippen LogP contribution in [0.4, 0.5) is 10.6 Å². The SMILES string of the molecule is Cc1cn2nc([C@H](C)N(C)C(=O)C3(c4ccccc4)CCN(C(=O)OCc4ccccc4)C3)cc2nc1N1CC[C@H](N)C1. The molecule has 2 N–H and O–H groups in total. The van der Waals surface area contributed by atoms with Gasteiger partial charge in [-0.15, -0.1) is 0 Å². The van der Waals surface area contributed by atoms with Crippen molar-refractivity contribution in [2.45, 2.75) is 50.8 Å². The number of aromatic nitrogens is 3. The summed E-state index contributed by atoms with van der Waals surface area (Å²) in [6.45, 7) is 6.55. The maximum absolute atomic E-state index is 14.4. The molecule has 2 aromatic carbocycles. The first kappa shape index (κ1) is 28.7. The van der Waals surface area contributed by atoms with Gasteiger partial charge in [-0.3, -0.25) is 4.79 Å². The minimum atomic E-state index is -0.897. The molecule has 2 aromatic heterocycles. The molecule has 10 heteroatoms. The van der Waals surface area contributed by atoms with E-state index in [0.29, 0.717) is 13.0 Å². The number of nitrogens with two attached hydrogens (primary N) is 1. The zero-order valence-corrected chi connectivity index (χ0v) is 25.0. The second-order valence-electron chi connectivity index (χ2n) is 11.9. The minimum Gasteiger partial charge on any atom is -0.445 e. The molecule has 4 aromatic rings. The molecule has 2 aliphatic rings. The van der Waals surface area contributed by atoms with Crippen molar-refractivity contribution in [2.75, 3.05) is 38.1 Å². The Labute approximate surface area is 252 Å². The van der Waals surface area contributed by atoms with Crippen molar-refractivity contribution >= 4 is 23.5 Å². The third kappa shape index (κ3) is 5.54. The molecule has 6 rings (SSSR count).